The van der Waals surface area contributed by atoms with Crippen molar-refractivity contribution in [3.8, 4) is 0 Å². The molecule has 0 amide bonds. The summed E-state index contributed by atoms with van der Waals surface area (Å²) in [6.07, 6.45) is 0. The Bertz CT molecular complexity index is 111. The zero-order valence-corrected chi connectivity index (χ0v) is 10.3. The third-order valence-electron chi connectivity index (χ3n) is 1.01. The molecule has 0 spiro atoms. The van der Waals surface area contributed by atoms with Gasteiger partial charge < -0.3 is 14.8 Å². The predicted molar refractivity (Wildman–Crippen MR) is 41.6 cm³/mol. The second-order valence-electron chi connectivity index (χ2n) is 2.00. The summed E-state index contributed by atoms with van der Waals surface area (Å²) in [6.45, 7) is 3.61. The number of rotatable bonds is 6. The molecule has 0 heterocycles. The van der Waals surface area contributed by atoms with Gasteiger partial charge in [0.1, 0.15) is 0 Å². The van der Waals surface area contributed by atoms with E-state index in [4.69, 9.17) is 4.74 Å². The van der Waals surface area contributed by atoms with E-state index in [0.29, 0.717) is 26.3 Å². The molecule has 0 bridgehead atoms. The van der Waals surface area contributed by atoms with Crippen molar-refractivity contribution in [3.05, 3.63) is 5.32 Å². The Hall–Kier alpha value is 0.0783. The van der Waals surface area contributed by atoms with Crippen LogP contribution < -0.4 is 0 Å². The molecule has 4 nitrogen and oxygen atoms in total. The third kappa shape index (κ3) is 12.7. The van der Waals surface area contributed by atoms with Crippen LogP contribution in [0.4, 0.5) is 0 Å². The van der Waals surface area contributed by atoms with E-state index >= 15 is 0 Å². The van der Waals surface area contributed by atoms with Gasteiger partial charge in [0.15, 0.2) is 0 Å². The third-order valence-corrected chi connectivity index (χ3v) is 1.01. The Kier molecular flexibility index (Phi) is 13.5. The second-order valence-corrected chi connectivity index (χ2v) is 2.00. The van der Waals surface area contributed by atoms with E-state index in [2.05, 4.69) is 10.1 Å². The van der Waals surface area contributed by atoms with Crippen LogP contribution in [-0.2, 0) is 35.3 Å². The van der Waals surface area contributed by atoms with Crippen molar-refractivity contribution in [2.24, 2.45) is 0 Å². The van der Waals surface area contributed by atoms with Crippen molar-refractivity contribution < 1.29 is 35.3 Å². The monoisotopic (exact) mass is 344 g/mol. The maximum Gasteiger partial charge on any atom is 0.302 e. The van der Waals surface area contributed by atoms with Crippen LogP contribution in [0.1, 0.15) is 6.92 Å². The molecule has 0 N–H and O–H groups in total. The van der Waals surface area contributed by atoms with Gasteiger partial charge in [-0.15, -0.1) is 13.1 Å². The maximum atomic E-state index is 10.2. The minimum Gasteiger partial charge on any atom is -0.658 e. The molecule has 0 rings (SSSR count). The SMILES string of the molecule is COCC[N-]CCOC(C)=O.[W]. The van der Waals surface area contributed by atoms with Crippen LogP contribution in [0.3, 0.4) is 0 Å². The van der Waals surface area contributed by atoms with Gasteiger partial charge in [0.05, 0.1) is 6.61 Å². The average Bonchev–Trinajstić information content (AvgIpc) is 1.96. The van der Waals surface area contributed by atoms with Crippen LogP contribution in [0.25, 0.3) is 5.32 Å². The average molecular weight is 344 g/mol. The molecule has 0 saturated heterocycles. The zero-order valence-electron chi connectivity index (χ0n) is 7.41. The number of ether oxygens (including phenoxy) is 2. The van der Waals surface area contributed by atoms with E-state index < -0.39 is 0 Å². The summed E-state index contributed by atoms with van der Waals surface area (Å²) in [5, 5.41) is 4.03. The molecular weight excluding hydrogens is 330 g/mol. The van der Waals surface area contributed by atoms with Gasteiger partial charge in [-0.3, -0.25) is 4.79 Å². The number of nitrogens with zero attached hydrogens (tertiary/aromatic N) is 1. The molecular formula is C7H14NO3W-. The molecule has 0 radical (unpaired) electrons. The molecule has 0 aromatic carbocycles. The van der Waals surface area contributed by atoms with Crippen molar-refractivity contribution in [2.75, 3.05) is 33.4 Å². The Labute approximate surface area is 87.3 Å². The first-order chi connectivity index (χ1) is 5.27. The number of carbonyl (C=O) groups is 1. The Balaban J connectivity index is 0. The minimum absolute atomic E-state index is 0. The summed E-state index contributed by atoms with van der Waals surface area (Å²) in [5.41, 5.74) is 0. The van der Waals surface area contributed by atoms with Crippen molar-refractivity contribution in [1.82, 2.24) is 0 Å². The first-order valence-corrected chi connectivity index (χ1v) is 3.53. The van der Waals surface area contributed by atoms with E-state index in [-0.39, 0.29) is 27.0 Å². The summed E-state index contributed by atoms with van der Waals surface area (Å²) >= 11 is 0. The number of hydrogen-bond donors (Lipinski definition) is 0. The number of hydrogen-bond acceptors (Lipinski definition) is 3. The number of esters is 1. The number of methoxy groups -OCH3 is 1. The van der Waals surface area contributed by atoms with Gasteiger partial charge in [0.2, 0.25) is 0 Å². The maximum absolute atomic E-state index is 10.2. The summed E-state index contributed by atoms with van der Waals surface area (Å²) in [6, 6.07) is 0. The molecule has 12 heavy (non-hydrogen) atoms. The van der Waals surface area contributed by atoms with E-state index in [0.717, 1.165) is 0 Å². The Morgan fingerprint density at radius 2 is 1.92 bits per heavy atom. The zero-order chi connectivity index (χ0) is 8.53. The Morgan fingerprint density at radius 3 is 2.42 bits per heavy atom. The van der Waals surface area contributed by atoms with Crippen LogP contribution in [-0.4, -0.2) is 39.4 Å². The molecule has 0 atom stereocenters. The van der Waals surface area contributed by atoms with Crippen LogP contribution in [0.5, 0.6) is 0 Å². The van der Waals surface area contributed by atoms with Gasteiger partial charge in [0.25, 0.3) is 0 Å². The molecule has 0 fully saturated rings. The topological polar surface area (TPSA) is 49.6 Å². The van der Waals surface area contributed by atoms with Gasteiger partial charge in [-0.1, -0.05) is 0 Å². The molecule has 0 aliphatic carbocycles. The van der Waals surface area contributed by atoms with Crippen LogP contribution >= 0.6 is 0 Å². The standard InChI is InChI=1S/C7H14NO3.W/c1-7(9)11-6-4-8-3-5-10-2;/h3-6H2,1-2H3;/q-1;. The quantitative estimate of drug-likeness (QED) is 0.523. The van der Waals surface area contributed by atoms with Crippen LogP contribution in [0, 0.1) is 0 Å². The van der Waals surface area contributed by atoms with Crippen molar-refractivity contribution in [2.45, 2.75) is 6.92 Å². The smallest absolute Gasteiger partial charge is 0.302 e. The van der Waals surface area contributed by atoms with Gasteiger partial charge in [-0.2, -0.15) is 0 Å². The fourth-order valence-corrected chi connectivity index (χ4v) is 0.522. The fourth-order valence-electron chi connectivity index (χ4n) is 0.522. The first kappa shape index (κ1) is 14.6. The molecule has 0 aromatic heterocycles. The molecule has 0 unspecified atom stereocenters. The fraction of sp³-hybridized carbons (Fsp3) is 0.857. The molecule has 0 aromatic rings. The van der Waals surface area contributed by atoms with E-state index in [1.54, 1.807) is 7.11 Å². The van der Waals surface area contributed by atoms with Gasteiger partial charge in [-0.05, 0) is 0 Å². The Morgan fingerprint density at radius 1 is 1.33 bits per heavy atom. The van der Waals surface area contributed by atoms with Crippen LogP contribution in [0.2, 0.25) is 0 Å². The van der Waals surface area contributed by atoms with E-state index in [1.807, 2.05) is 0 Å². The predicted octanol–water partition coefficient (Wildman–Crippen LogP) is 0.567. The molecule has 72 valence electrons. The van der Waals surface area contributed by atoms with E-state index in [1.165, 1.54) is 6.92 Å². The van der Waals surface area contributed by atoms with Crippen molar-refractivity contribution in [1.29, 1.82) is 0 Å². The molecule has 0 aliphatic heterocycles. The van der Waals surface area contributed by atoms with Crippen LogP contribution in [0.15, 0.2) is 0 Å². The molecule has 0 saturated carbocycles. The van der Waals surface area contributed by atoms with Gasteiger partial charge >= 0.3 is 5.97 Å². The van der Waals surface area contributed by atoms with Gasteiger partial charge in [-0.25, -0.2) is 0 Å². The second kappa shape index (κ2) is 11.1. The van der Waals surface area contributed by atoms with E-state index in [9.17, 15) is 4.79 Å². The van der Waals surface area contributed by atoms with Gasteiger partial charge in [0, 0.05) is 41.7 Å². The summed E-state index contributed by atoms with van der Waals surface area (Å²) in [5.74, 6) is -0.257. The summed E-state index contributed by atoms with van der Waals surface area (Å²) in [7, 11) is 1.63. The van der Waals surface area contributed by atoms with Crippen molar-refractivity contribution in [3.63, 3.8) is 0 Å². The van der Waals surface area contributed by atoms with Crippen molar-refractivity contribution >= 4 is 5.97 Å². The molecule has 5 heteroatoms. The minimum atomic E-state index is -0.257. The molecule has 0 aliphatic rings. The first-order valence-electron chi connectivity index (χ1n) is 3.53. The summed E-state index contributed by atoms with van der Waals surface area (Å²) < 4.78 is 9.42. The normalized spacial score (nSPS) is 8.83. The largest absolute Gasteiger partial charge is 0.658 e. The number of carbonyl (C=O) groups excluding carboxylic acids is 1. The summed E-state index contributed by atoms with van der Waals surface area (Å²) in [4.78, 5) is 10.2.